The molecule has 0 bridgehead atoms. The van der Waals surface area contributed by atoms with Gasteiger partial charge in [-0.15, -0.1) is 11.8 Å². The topological polar surface area (TPSA) is 12.0 Å². The van der Waals surface area contributed by atoms with Crippen LogP contribution in [-0.2, 0) is 0 Å². The predicted octanol–water partition coefficient (Wildman–Crippen LogP) is 4.60. The molecule has 0 aliphatic heterocycles. The molecule has 0 spiro atoms. The molecule has 1 aromatic carbocycles. The van der Waals surface area contributed by atoms with Gasteiger partial charge in [0.05, 0.1) is 0 Å². The van der Waals surface area contributed by atoms with Gasteiger partial charge in [0.15, 0.2) is 0 Å². The van der Waals surface area contributed by atoms with E-state index >= 15 is 0 Å². The fraction of sp³-hybridized carbons (Fsp3) is 0.500. The molecule has 18 heavy (non-hydrogen) atoms. The monoisotopic (exact) mass is 307 g/mol. The smallest absolute Gasteiger partial charge is 0.0340 e. The van der Waals surface area contributed by atoms with E-state index in [-0.39, 0.29) is 0 Å². The first-order valence-electron chi connectivity index (χ1n) is 6.58. The molecule has 0 amide bonds. The van der Waals surface area contributed by atoms with Gasteiger partial charge in [-0.25, -0.2) is 0 Å². The molecule has 0 aromatic heterocycles. The minimum absolute atomic E-state index is 0.389. The molecule has 1 aromatic rings. The molecule has 0 saturated heterocycles. The first-order chi connectivity index (χ1) is 8.69. The van der Waals surface area contributed by atoms with Gasteiger partial charge in [0.2, 0.25) is 0 Å². The van der Waals surface area contributed by atoms with Crippen LogP contribution in [0.2, 0.25) is 0 Å². The summed E-state index contributed by atoms with van der Waals surface area (Å²) in [6.07, 6.45) is 3.15. The van der Waals surface area contributed by atoms with E-state index in [2.05, 4.69) is 65.1 Å². The Morgan fingerprint density at radius 3 is 2.83 bits per heavy atom. The molecule has 2 heteroatoms. The van der Waals surface area contributed by atoms with Crippen LogP contribution in [0.1, 0.15) is 50.3 Å². The summed E-state index contributed by atoms with van der Waals surface area (Å²) in [5.74, 6) is 6.12. The fourth-order valence-electron chi connectivity index (χ4n) is 1.96. The Kier molecular flexibility index (Phi) is 7.08. The maximum atomic E-state index is 3.66. The highest BCUT2D eigenvalue weighted by Crippen LogP contribution is 2.27. The van der Waals surface area contributed by atoms with Crippen molar-refractivity contribution in [2.75, 3.05) is 6.54 Å². The van der Waals surface area contributed by atoms with Crippen LogP contribution in [-0.4, -0.2) is 6.54 Å². The number of rotatable bonds is 6. The minimum atomic E-state index is 0.389. The Balaban J connectivity index is 2.84. The first kappa shape index (κ1) is 15.3. The lowest BCUT2D eigenvalue weighted by Crippen LogP contribution is -2.22. The van der Waals surface area contributed by atoms with Gasteiger partial charge in [0.1, 0.15) is 0 Å². The Morgan fingerprint density at radius 1 is 1.39 bits per heavy atom. The molecule has 0 fully saturated rings. The second kappa shape index (κ2) is 8.34. The molecule has 1 nitrogen and oxygen atoms in total. The molecule has 1 N–H and O–H groups in total. The van der Waals surface area contributed by atoms with Gasteiger partial charge < -0.3 is 5.32 Å². The standard InChI is InChI=1S/C16H22BrN/c1-4-6-7-8-16(18-11-5-2)14-12-13(3)9-10-15(14)17/h9-10,12,16,18H,5,7-8,11H2,1-3H3. The van der Waals surface area contributed by atoms with Crippen molar-refractivity contribution < 1.29 is 0 Å². The van der Waals surface area contributed by atoms with Crippen LogP contribution < -0.4 is 5.32 Å². The van der Waals surface area contributed by atoms with E-state index in [1.165, 1.54) is 15.6 Å². The summed E-state index contributed by atoms with van der Waals surface area (Å²) < 4.78 is 1.19. The lowest BCUT2D eigenvalue weighted by molar-refractivity contribution is 0.504. The van der Waals surface area contributed by atoms with E-state index in [0.29, 0.717) is 6.04 Å². The van der Waals surface area contributed by atoms with Gasteiger partial charge in [-0.2, -0.15) is 0 Å². The van der Waals surface area contributed by atoms with Crippen molar-refractivity contribution in [3.8, 4) is 11.8 Å². The molecule has 0 saturated carbocycles. The average molecular weight is 308 g/mol. The highest BCUT2D eigenvalue weighted by Gasteiger charge is 2.13. The summed E-state index contributed by atoms with van der Waals surface area (Å²) in [6.45, 7) is 7.28. The molecule has 1 rings (SSSR count). The Morgan fingerprint density at radius 2 is 2.17 bits per heavy atom. The number of hydrogen-bond acceptors (Lipinski definition) is 1. The van der Waals surface area contributed by atoms with Crippen molar-refractivity contribution in [3.63, 3.8) is 0 Å². The third-order valence-electron chi connectivity index (χ3n) is 2.90. The van der Waals surface area contributed by atoms with Gasteiger partial charge in [-0.1, -0.05) is 40.5 Å². The molecule has 0 aliphatic carbocycles. The largest absolute Gasteiger partial charge is 0.310 e. The third kappa shape index (κ3) is 4.84. The van der Waals surface area contributed by atoms with Gasteiger partial charge in [-0.3, -0.25) is 0 Å². The van der Waals surface area contributed by atoms with E-state index in [9.17, 15) is 0 Å². The van der Waals surface area contributed by atoms with Crippen molar-refractivity contribution in [1.82, 2.24) is 5.32 Å². The highest BCUT2D eigenvalue weighted by atomic mass is 79.9. The lowest BCUT2D eigenvalue weighted by atomic mass is 10.00. The predicted molar refractivity (Wildman–Crippen MR) is 82.6 cm³/mol. The quantitative estimate of drug-likeness (QED) is 0.757. The number of nitrogens with one attached hydrogen (secondary N) is 1. The number of hydrogen-bond donors (Lipinski definition) is 1. The zero-order valence-corrected chi connectivity index (χ0v) is 13.1. The zero-order valence-electron chi connectivity index (χ0n) is 11.5. The normalized spacial score (nSPS) is 11.8. The van der Waals surface area contributed by atoms with Crippen molar-refractivity contribution in [1.29, 1.82) is 0 Å². The van der Waals surface area contributed by atoms with Crippen LogP contribution in [0.3, 0.4) is 0 Å². The molecule has 98 valence electrons. The fourth-order valence-corrected chi connectivity index (χ4v) is 2.48. The summed E-state index contributed by atoms with van der Waals surface area (Å²) in [7, 11) is 0. The van der Waals surface area contributed by atoms with Gasteiger partial charge >= 0.3 is 0 Å². The second-order valence-corrected chi connectivity index (χ2v) is 5.35. The SMILES string of the molecule is CC#CCCC(NCCC)c1cc(C)ccc1Br. The van der Waals surface area contributed by atoms with E-state index in [1.807, 2.05) is 6.92 Å². The number of benzene rings is 1. The van der Waals surface area contributed by atoms with E-state index < -0.39 is 0 Å². The highest BCUT2D eigenvalue weighted by molar-refractivity contribution is 9.10. The van der Waals surface area contributed by atoms with Crippen LogP contribution in [0.4, 0.5) is 0 Å². The average Bonchev–Trinajstić information content (AvgIpc) is 2.37. The van der Waals surface area contributed by atoms with E-state index in [1.54, 1.807) is 0 Å². The van der Waals surface area contributed by atoms with Gasteiger partial charge in [-0.05, 0) is 44.9 Å². The molecule has 0 radical (unpaired) electrons. The maximum absolute atomic E-state index is 3.66. The first-order valence-corrected chi connectivity index (χ1v) is 7.37. The molecular weight excluding hydrogens is 286 g/mol. The molecule has 0 aliphatic rings. The molecular formula is C16H22BrN. The molecule has 0 heterocycles. The van der Waals surface area contributed by atoms with Crippen LogP contribution in [0.5, 0.6) is 0 Å². The summed E-state index contributed by atoms with van der Waals surface area (Å²) in [6, 6.07) is 6.92. The zero-order chi connectivity index (χ0) is 13.4. The number of aryl methyl sites for hydroxylation is 1. The summed E-state index contributed by atoms with van der Waals surface area (Å²) >= 11 is 3.66. The summed E-state index contributed by atoms with van der Waals surface area (Å²) in [5, 5.41) is 3.61. The minimum Gasteiger partial charge on any atom is -0.310 e. The Hall–Kier alpha value is -0.780. The Bertz CT molecular complexity index is 428. The summed E-state index contributed by atoms with van der Waals surface area (Å²) in [5.41, 5.74) is 2.65. The van der Waals surface area contributed by atoms with Gasteiger partial charge in [0, 0.05) is 16.9 Å². The van der Waals surface area contributed by atoms with E-state index in [0.717, 1.165) is 25.8 Å². The van der Waals surface area contributed by atoms with Crippen molar-refractivity contribution in [3.05, 3.63) is 33.8 Å². The lowest BCUT2D eigenvalue weighted by Gasteiger charge is -2.20. The van der Waals surface area contributed by atoms with Crippen LogP contribution >= 0.6 is 15.9 Å². The van der Waals surface area contributed by atoms with Crippen LogP contribution in [0, 0.1) is 18.8 Å². The summed E-state index contributed by atoms with van der Waals surface area (Å²) in [4.78, 5) is 0. The molecule has 1 atom stereocenters. The van der Waals surface area contributed by atoms with Gasteiger partial charge in [0.25, 0.3) is 0 Å². The van der Waals surface area contributed by atoms with E-state index in [4.69, 9.17) is 0 Å². The second-order valence-electron chi connectivity index (χ2n) is 4.50. The van der Waals surface area contributed by atoms with Crippen molar-refractivity contribution >= 4 is 15.9 Å². The van der Waals surface area contributed by atoms with Crippen molar-refractivity contribution in [2.45, 2.75) is 46.1 Å². The van der Waals surface area contributed by atoms with Crippen molar-refractivity contribution in [2.24, 2.45) is 0 Å². The number of halogens is 1. The maximum Gasteiger partial charge on any atom is 0.0340 e. The van der Waals surface area contributed by atoms with Crippen LogP contribution in [0.25, 0.3) is 0 Å². The molecule has 1 unspecified atom stereocenters. The third-order valence-corrected chi connectivity index (χ3v) is 3.62. The van der Waals surface area contributed by atoms with Crippen LogP contribution in [0.15, 0.2) is 22.7 Å². The Labute approximate surface area is 119 Å².